The highest BCUT2D eigenvalue weighted by atomic mass is 19.4. The van der Waals surface area contributed by atoms with Crippen LogP contribution in [0.25, 0.3) is 0 Å². The zero-order valence-corrected chi connectivity index (χ0v) is 12.6. The Morgan fingerprint density at radius 3 is 2.30 bits per heavy atom. The van der Waals surface area contributed by atoms with Crippen LogP contribution in [0.1, 0.15) is 11.4 Å². The highest BCUT2D eigenvalue weighted by Gasteiger charge is 2.36. The van der Waals surface area contributed by atoms with E-state index in [0.717, 1.165) is 11.9 Å². The second kappa shape index (κ2) is 6.02. The van der Waals surface area contributed by atoms with E-state index < -0.39 is 11.7 Å². The Balaban J connectivity index is 1.75. The van der Waals surface area contributed by atoms with E-state index in [2.05, 4.69) is 15.0 Å². The van der Waals surface area contributed by atoms with E-state index in [-0.39, 0.29) is 5.82 Å². The molecule has 0 radical (unpaired) electrons. The smallest absolute Gasteiger partial charge is 0.353 e. The molecule has 0 aliphatic carbocycles. The van der Waals surface area contributed by atoms with Crippen molar-refractivity contribution in [2.45, 2.75) is 13.1 Å². The molecule has 2 aromatic heterocycles. The molecular formula is C15H16F3N5. The third-order valence-corrected chi connectivity index (χ3v) is 3.76. The monoisotopic (exact) mass is 323 g/mol. The molecule has 1 aliphatic rings. The van der Waals surface area contributed by atoms with E-state index in [9.17, 15) is 13.2 Å². The molecule has 0 bridgehead atoms. The van der Waals surface area contributed by atoms with Gasteiger partial charge in [-0.15, -0.1) is 0 Å². The molecule has 3 rings (SSSR count). The van der Waals surface area contributed by atoms with Crippen LogP contribution in [0, 0.1) is 6.92 Å². The molecule has 0 N–H and O–H groups in total. The van der Waals surface area contributed by atoms with Gasteiger partial charge in [-0.3, -0.25) is 0 Å². The molecule has 1 aliphatic heterocycles. The van der Waals surface area contributed by atoms with E-state index in [1.165, 1.54) is 12.3 Å². The van der Waals surface area contributed by atoms with Crippen LogP contribution in [0.5, 0.6) is 0 Å². The van der Waals surface area contributed by atoms with Gasteiger partial charge in [0.05, 0.1) is 5.56 Å². The first-order chi connectivity index (χ1) is 10.9. The van der Waals surface area contributed by atoms with Crippen LogP contribution in [0.2, 0.25) is 0 Å². The Bertz CT molecular complexity index is 681. The summed E-state index contributed by atoms with van der Waals surface area (Å²) in [5.41, 5.74) is -0.689. The second-order valence-corrected chi connectivity index (χ2v) is 5.31. The molecule has 23 heavy (non-hydrogen) atoms. The molecule has 122 valence electrons. The van der Waals surface area contributed by atoms with E-state index >= 15 is 0 Å². The average Bonchev–Trinajstić information content (AvgIpc) is 2.54. The number of rotatable bonds is 2. The van der Waals surface area contributed by atoms with Gasteiger partial charge in [0.15, 0.2) is 0 Å². The van der Waals surface area contributed by atoms with Gasteiger partial charge < -0.3 is 9.80 Å². The SMILES string of the molecule is Cc1nccc(N2CCN(c3ncccc3C(F)(F)F)CC2)n1. The van der Waals surface area contributed by atoms with Crippen molar-refractivity contribution >= 4 is 11.6 Å². The lowest BCUT2D eigenvalue weighted by Gasteiger charge is -2.36. The van der Waals surface area contributed by atoms with Gasteiger partial charge in [-0.1, -0.05) is 0 Å². The summed E-state index contributed by atoms with van der Waals surface area (Å²) in [4.78, 5) is 16.1. The van der Waals surface area contributed by atoms with Crippen molar-refractivity contribution in [1.29, 1.82) is 0 Å². The Hall–Kier alpha value is -2.38. The van der Waals surface area contributed by atoms with Crippen molar-refractivity contribution < 1.29 is 13.2 Å². The average molecular weight is 323 g/mol. The van der Waals surface area contributed by atoms with E-state index in [4.69, 9.17) is 0 Å². The highest BCUT2D eigenvalue weighted by molar-refractivity contribution is 5.50. The summed E-state index contributed by atoms with van der Waals surface area (Å²) in [6, 6.07) is 4.19. The van der Waals surface area contributed by atoms with Gasteiger partial charge in [0.2, 0.25) is 0 Å². The summed E-state index contributed by atoms with van der Waals surface area (Å²) in [5.74, 6) is 1.47. The first kappa shape index (κ1) is 15.5. The summed E-state index contributed by atoms with van der Waals surface area (Å²) < 4.78 is 39.3. The normalized spacial score (nSPS) is 15.8. The number of hydrogen-bond acceptors (Lipinski definition) is 5. The number of alkyl halides is 3. The van der Waals surface area contributed by atoms with Crippen molar-refractivity contribution in [2.75, 3.05) is 36.0 Å². The third-order valence-electron chi connectivity index (χ3n) is 3.76. The predicted molar refractivity (Wildman–Crippen MR) is 80.4 cm³/mol. The summed E-state index contributed by atoms with van der Waals surface area (Å²) in [6.07, 6.45) is -1.32. The molecule has 1 saturated heterocycles. The zero-order chi connectivity index (χ0) is 16.4. The lowest BCUT2D eigenvalue weighted by Crippen LogP contribution is -2.47. The fourth-order valence-corrected chi connectivity index (χ4v) is 2.64. The maximum absolute atomic E-state index is 13.1. The summed E-state index contributed by atoms with van der Waals surface area (Å²) in [5, 5.41) is 0. The number of halogens is 3. The molecule has 0 spiro atoms. The first-order valence-electron chi connectivity index (χ1n) is 7.27. The van der Waals surface area contributed by atoms with Crippen LogP contribution in [0.15, 0.2) is 30.6 Å². The van der Waals surface area contributed by atoms with Gasteiger partial charge in [-0.25, -0.2) is 15.0 Å². The maximum atomic E-state index is 13.1. The fourth-order valence-electron chi connectivity index (χ4n) is 2.64. The molecule has 0 aromatic carbocycles. The lowest BCUT2D eigenvalue weighted by atomic mass is 10.2. The largest absolute Gasteiger partial charge is 0.419 e. The lowest BCUT2D eigenvalue weighted by molar-refractivity contribution is -0.137. The Labute approximate surface area is 131 Å². The van der Waals surface area contributed by atoms with Gasteiger partial charge >= 0.3 is 6.18 Å². The van der Waals surface area contributed by atoms with Crippen LogP contribution in [0.4, 0.5) is 24.8 Å². The minimum atomic E-state index is -4.40. The molecular weight excluding hydrogens is 307 g/mol. The quantitative estimate of drug-likeness (QED) is 0.850. The van der Waals surface area contributed by atoms with Gasteiger partial charge in [-0.05, 0) is 25.1 Å². The van der Waals surface area contributed by atoms with Gasteiger partial charge in [0.25, 0.3) is 0 Å². The van der Waals surface area contributed by atoms with Crippen LogP contribution in [-0.2, 0) is 6.18 Å². The van der Waals surface area contributed by atoms with Gasteiger partial charge in [0, 0.05) is 38.6 Å². The van der Waals surface area contributed by atoms with E-state index in [1.54, 1.807) is 11.1 Å². The molecule has 0 unspecified atom stereocenters. The Morgan fingerprint density at radius 2 is 1.65 bits per heavy atom. The Morgan fingerprint density at radius 1 is 0.957 bits per heavy atom. The van der Waals surface area contributed by atoms with Gasteiger partial charge in [-0.2, -0.15) is 13.2 Å². The maximum Gasteiger partial charge on any atom is 0.419 e. The first-order valence-corrected chi connectivity index (χ1v) is 7.27. The van der Waals surface area contributed by atoms with Crippen LogP contribution >= 0.6 is 0 Å². The number of piperazine rings is 1. The molecule has 1 fully saturated rings. The summed E-state index contributed by atoms with van der Waals surface area (Å²) in [7, 11) is 0. The summed E-state index contributed by atoms with van der Waals surface area (Å²) >= 11 is 0. The molecule has 8 heteroatoms. The van der Waals surface area contributed by atoms with Crippen molar-refractivity contribution in [3.05, 3.63) is 42.0 Å². The Kier molecular flexibility index (Phi) is 4.06. The second-order valence-electron chi connectivity index (χ2n) is 5.31. The van der Waals surface area contributed by atoms with Crippen LogP contribution in [-0.4, -0.2) is 41.1 Å². The van der Waals surface area contributed by atoms with Crippen LogP contribution in [0.3, 0.4) is 0 Å². The predicted octanol–water partition coefficient (Wildman–Crippen LogP) is 2.53. The number of anilines is 2. The minimum absolute atomic E-state index is 0.00137. The minimum Gasteiger partial charge on any atom is -0.353 e. The van der Waals surface area contributed by atoms with E-state index in [0.29, 0.717) is 32.0 Å². The highest BCUT2D eigenvalue weighted by Crippen LogP contribution is 2.35. The topological polar surface area (TPSA) is 45.2 Å². The third kappa shape index (κ3) is 3.35. The molecule has 2 aromatic rings. The molecule has 0 atom stereocenters. The van der Waals surface area contributed by atoms with Crippen molar-refractivity contribution in [3.8, 4) is 0 Å². The number of aromatic nitrogens is 3. The zero-order valence-electron chi connectivity index (χ0n) is 12.6. The number of pyridine rings is 1. The number of aryl methyl sites for hydroxylation is 1. The van der Waals surface area contributed by atoms with E-state index in [1.807, 2.05) is 17.9 Å². The van der Waals surface area contributed by atoms with Crippen molar-refractivity contribution in [3.63, 3.8) is 0 Å². The fraction of sp³-hybridized carbons (Fsp3) is 0.400. The molecule has 0 saturated carbocycles. The molecule has 0 amide bonds. The van der Waals surface area contributed by atoms with Crippen LogP contribution < -0.4 is 9.80 Å². The number of hydrogen-bond donors (Lipinski definition) is 0. The van der Waals surface area contributed by atoms with Crippen molar-refractivity contribution in [2.24, 2.45) is 0 Å². The number of nitrogens with zero attached hydrogens (tertiary/aromatic N) is 5. The molecule has 5 nitrogen and oxygen atoms in total. The van der Waals surface area contributed by atoms with Crippen molar-refractivity contribution in [1.82, 2.24) is 15.0 Å². The van der Waals surface area contributed by atoms with Gasteiger partial charge in [0.1, 0.15) is 17.5 Å². The standard InChI is InChI=1S/C15H16F3N5/c1-11-19-6-4-13(21-11)22-7-9-23(10-8-22)14-12(15(16,17)18)3-2-5-20-14/h2-6H,7-10H2,1H3. The summed E-state index contributed by atoms with van der Waals surface area (Å²) in [6.45, 7) is 3.91. The molecule has 3 heterocycles.